The third kappa shape index (κ3) is 2.63. The molecule has 0 unspecified atom stereocenters. The average molecular weight is 244 g/mol. The molecule has 0 saturated carbocycles. The van der Waals surface area contributed by atoms with Crippen molar-refractivity contribution in [3.63, 3.8) is 0 Å². The van der Waals surface area contributed by atoms with E-state index in [2.05, 4.69) is 9.97 Å². The molecule has 1 heterocycles. The Balaban J connectivity index is 2.28. The molecule has 2 aromatic rings. The first-order chi connectivity index (χ1) is 8.70. The molecule has 0 atom stereocenters. The highest BCUT2D eigenvalue weighted by Gasteiger charge is 2.08. The van der Waals surface area contributed by atoms with Crippen LogP contribution in [0.2, 0.25) is 0 Å². The molecule has 0 bridgehead atoms. The first-order valence-corrected chi connectivity index (χ1v) is 5.51. The van der Waals surface area contributed by atoms with Crippen molar-refractivity contribution < 1.29 is 14.6 Å². The third-order valence-corrected chi connectivity index (χ3v) is 2.40. The van der Waals surface area contributed by atoms with Gasteiger partial charge in [0.25, 0.3) is 0 Å². The van der Waals surface area contributed by atoms with Gasteiger partial charge in [-0.2, -0.15) is 0 Å². The normalized spacial score (nSPS) is 10.1. The molecule has 1 aromatic heterocycles. The van der Waals surface area contributed by atoms with E-state index in [0.717, 1.165) is 12.0 Å². The Morgan fingerprint density at radius 3 is 2.83 bits per heavy atom. The van der Waals surface area contributed by atoms with Gasteiger partial charge in [0.1, 0.15) is 5.75 Å². The van der Waals surface area contributed by atoms with Crippen LogP contribution in [0.15, 0.2) is 36.7 Å². The molecular formula is C13H12N2O3. The van der Waals surface area contributed by atoms with Crippen LogP contribution < -0.4 is 4.74 Å². The Bertz CT molecular complexity index is 570. The number of para-hydroxylation sites is 1. The fourth-order valence-electron chi connectivity index (χ4n) is 1.51. The molecule has 0 aliphatic heterocycles. The molecule has 92 valence electrons. The second kappa shape index (κ2) is 5.27. The number of aromatic nitrogens is 2. The zero-order chi connectivity index (χ0) is 13.0. The second-order valence-corrected chi connectivity index (χ2v) is 3.61. The Hall–Kier alpha value is -2.43. The van der Waals surface area contributed by atoms with Crippen molar-refractivity contribution in [2.45, 2.75) is 13.3 Å². The quantitative estimate of drug-likeness (QED) is 0.894. The van der Waals surface area contributed by atoms with Crippen LogP contribution in [0, 0.1) is 0 Å². The van der Waals surface area contributed by atoms with E-state index in [1.54, 1.807) is 0 Å². The molecule has 0 spiro atoms. The van der Waals surface area contributed by atoms with Crippen molar-refractivity contribution >= 4 is 5.97 Å². The lowest BCUT2D eigenvalue weighted by atomic mass is 10.1. The Labute approximate surface area is 104 Å². The number of carbonyl (C=O) groups is 1. The van der Waals surface area contributed by atoms with E-state index in [1.165, 1.54) is 12.4 Å². The number of aromatic carboxylic acids is 1. The number of nitrogens with zero attached hydrogens (tertiary/aromatic N) is 2. The van der Waals surface area contributed by atoms with E-state index in [9.17, 15) is 4.79 Å². The predicted molar refractivity (Wildman–Crippen MR) is 64.9 cm³/mol. The smallest absolute Gasteiger partial charge is 0.356 e. The van der Waals surface area contributed by atoms with E-state index >= 15 is 0 Å². The lowest BCUT2D eigenvalue weighted by Gasteiger charge is -2.08. The number of ether oxygens (including phenoxy) is 1. The zero-order valence-electron chi connectivity index (χ0n) is 9.83. The molecule has 0 radical (unpaired) electrons. The number of hydrogen-bond acceptors (Lipinski definition) is 4. The summed E-state index contributed by atoms with van der Waals surface area (Å²) in [6.45, 7) is 2.02. The summed E-state index contributed by atoms with van der Waals surface area (Å²) in [5, 5.41) is 8.82. The van der Waals surface area contributed by atoms with Crippen molar-refractivity contribution in [1.82, 2.24) is 9.97 Å². The number of carboxylic acid groups (broad SMARTS) is 1. The summed E-state index contributed by atoms with van der Waals surface area (Å²) in [7, 11) is 0. The molecule has 1 aromatic carbocycles. The van der Waals surface area contributed by atoms with Gasteiger partial charge in [-0.05, 0) is 18.1 Å². The van der Waals surface area contributed by atoms with Crippen molar-refractivity contribution in [2.24, 2.45) is 0 Å². The van der Waals surface area contributed by atoms with Crippen molar-refractivity contribution in [3.8, 4) is 11.6 Å². The molecule has 5 heteroatoms. The van der Waals surface area contributed by atoms with Crippen LogP contribution >= 0.6 is 0 Å². The number of hydrogen-bond donors (Lipinski definition) is 1. The van der Waals surface area contributed by atoms with Gasteiger partial charge in [0, 0.05) is 0 Å². The molecule has 1 N–H and O–H groups in total. The molecule has 0 fully saturated rings. The summed E-state index contributed by atoms with van der Waals surface area (Å²) in [5.41, 5.74) is 0.890. The molecule has 0 saturated heterocycles. The van der Waals surface area contributed by atoms with E-state index in [4.69, 9.17) is 9.84 Å². The third-order valence-electron chi connectivity index (χ3n) is 2.40. The van der Waals surface area contributed by atoms with Gasteiger partial charge in [-0.3, -0.25) is 4.98 Å². The van der Waals surface area contributed by atoms with E-state index in [0.29, 0.717) is 5.75 Å². The van der Waals surface area contributed by atoms with Gasteiger partial charge >= 0.3 is 5.97 Å². The SMILES string of the molecule is CCc1ccccc1Oc1cncc(C(=O)O)n1. The highest BCUT2D eigenvalue weighted by atomic mass is 16.5. The maximum atomic E-state index is 10.8. The Kier molecular flexibility index (Phi) is 3.52. The van der Waals surface area contributed by atoms with Crippen LogP contribution in [-0.2, 0) is 6.42 Å². The molecule has 0 amide bonds. The standard InChI is InChI=1S/C13H12N2O3/c1-2-9-5-3-4-6-11(9)18-12-8-14-7-10(15-12)13(16)17/h3-8H,2H2,1H3,(H,16,17). The lowest BCUT2D eigenvalue weighted by Crippen LogP contribution is -2.02. The largest absolute Gasteiger partial charge is 0.476 e. The van der Waals surface area contributed by atoms with Gasteiger partial charge < -0.3 is 9.84 Å². The lowest BCUT2D eigenvalue weighted by molar-refractivity contribution is 0.0689. The number of aryl methyl sites for hydroxylation is 1. The van der Waals surface area contributed by atoms with Crippen LogP contribution in [0.3, 0.4) is 0 Å². The maximum absolute atomic E-state index is 10.8. The van der Waals surface area contributed by atoms with Crippen LogP contribution in [0.1, 0.15) is 23.0 Å². The first-order valence-electron chi connectivity index (χ1n) is 5.51. The highest BCUT2D eigenvalue weighted by Crippen LogP contribution is 2.23. The number of benzene rings is 1. The molecular weight excluding hydrogens is 232 g/mol. The van der Waals surface area contributed by atoms with Gasteiger partial charge in [-0.25, -0.2) is 9.78 Å². The summed E-state index contributed by atoms with van der Waals surface area (Å²) in [6.07, 6.45) is 3.39. The summed E-state index contributed by atoms with van der Waals surface area (Å²) in [4.78, 5) is 18.4. The average Bonchev–Trinajstić information content (AvgIpc) is 2.39. The fraction of sp³-hybridized carbons (Fsp3) is 0.154. The van der Waals surface area contributed by atoms with Crippen LogP contribution in [-0.4, -0.2) is 21.0 Å². The van der Waals surface area contributed by atoms with Gasteiger partial charge in [-0.1, -0.05) is 25.1 Å². The summed E-state index contributed by atoms with van der Waals surface area (Å²) in [6, 6.07) is 7.53. The van der Waals surface area contributed by atoms with Gasteiger partial charge in [-0.15, -0.1) is 0 Å². The summed E-state index contributed by atoms with van der Waals surface area (Å²) < 4.78 is 5.55. The van der Waals surface area contributed by atoms with Crippen LogP contribution in [0.4, 0.5) is 0 Å². The summed E-state index contributed by atoms with van der Waals surface area (Å²) >= 11 is 0. The van der Waals surface area contributed by atoms with Gasteiger partial charge in [0.05, 0.1) is 12.4 Å². The highest BCUT2D eigenvalue weighted by molar-refractivity contribution is 5.84. The predicted octanol–water partition coefficient (Wildman–Crippen LogP) is 2.53. The fourth-order valence-corrected chi connectivity index (χ4v) is 1.51. The van der Waals surface area contributed by atoms with E-state index < -0.39 is 5.97 Å². The minimum atomic E-state index is -1.13. The second-order valence-electron chi connectivity index (χ2n) is 3.61. The minimum Gasteiger partial charge on any atom is -0.476 e. The summed E-state index contributed by atoms with van der Waals surface area (Å²) in [5.74, 6) is -0.288. The Morgan fingerprint density at radius 1 is 1.33 bits per heavy atom. The van der Waals surface area contributed by atoms with Gasteiger partial charge in [0.15, 0.2) is 5.69 Å². The van der Waals surface area contributed by atoms with E-state index in [-0.39, 0.29) is 11.6 Å². The van der Waals surface area contributed by atoms with Crippen LogP contribution in [0.25, 0.3) is 0 Å². The van der Waals surface area contributed by atoms with Gasteiger partial charge in [0.2, 0.25) is 5.88 Å². The number of rotatable bonds is 4. The molecule has 0 aliphatic rings. The molecule has 0 aliphatic carbocycles. The topological polar surface area (TPSA) is 72.3 Å². The maximum Gasteiger partial charge on any atom is 0.356 e. The monoisotopic (exact) mass is 244 g/mol. The number of carboxylic acids is 1. The van der Waals surface area contributed by atoms with Crippen molar-refractivity contribution in [1.29, 1.82) is 0 Å². The first kappa shape index (κ1) is 12.0. The van der Waals surface area contributed by atoms with Crippen molar-refractivity contribution in [2.75, 3.05) is 0 Å². The Morgan fingerprint density at radius 2 is 2.11 bits per heavy atom. The van der Waals surface area contributed by atoms with Crippen molar-refractivity contribution in [3.05, 3.63) is 47.9 Å². The molecule has 18 heavy (non-hydrogen) atoms. The molecule has 5 nitrogen and oxygen atoms in total. The minimum absolute atomic E-state index is 0.138. The van der Waals surface area contributed by atoms with Crippen LogP contribution in [0.5, 0.6) is 11.6 Å². The van der Waals surface area contributed by atoms with E-state index in [1.807, 2.05) is 31.2 Å². The zero-order valence-corrected chi connectivity index (χ0v) is 9.83. The molecule has 2 rings (SSSR count).